The number of hydrogen-bond acceptors (Lipinski definition) is 2. The molecule has 0 saturated carbocycles. The fourth-order valence-corrected chi connectivity index (χ4v) is 1.30. The van der Waals surface area contributed by atoms with Crippen molar-refractivity contribution in [3.63, 3.8) is 0 Å². The number of amides is 1. The molecule has 0 spiro atoms. The van der Waals surface area contributed by atoms with E-state index in [9.17, 15) is 13.6 Å². The molecule has 1 aromatic carbocycles. The number of rotatable bonds is 4. The lowest BCUT2D eigenvalue weighted by Gasteiger charge is -2.12. The van der Waals surface area contributed by atoms with Gasteiger partial charge in [0, 0.05) is 6.04 Å². The average Bonchev–Trinajstić information content (AvgIpc) is 2.21. The quantitative estimate of drug-likeness (QED) is 0.819. The summed E-state index contributed by atoms with van der Waals surface area (Å²) >= 11 is 0. The van der Waals surface area contributed by atoms with Crippen molar-refractivity contribution in [2.24, 2.45) is 5.73 Å². The van der Waals surface area contributed by atoms with E-state index in [1.54, 1.807) is 6.92 Å². The van der Waals surface area contributed by atoms with Gasteiger partial charge in [0.1, 0.15) is 11.6 Å². The van der Waals surface area contributed by atoms with Crippen LogP contribution in [0.2, 0.25) is 0 Å². The first-order chi connectivity index (χ1) is 7.54. The number of benzene rings is 1. The van der Waals surface area contributed by atoms with Crippen LogP contribution in [0.5, 0.6) is 0 Å². The third-order valence-corrected chi connectivity index (χ3v) is 2.15. The first kappa shape index (κ1) is 12.6. The van der Waals surface area contributed by atoms with Crippen LogP contribution in [0.25, 0.3) is 0 Å². The second-order valence-electron chi connectivity index (χ2n) is 3.58. The minimum atomic E-state index is -0.737. The largest absolute Gasteiger partial charge is 0.349 e. The Morgan fingerprint density at radius 1 is 1.50 bits per heavy atom. The molecule has 0 aliphatic rings. The van der Waals surface area contributed by atoms with E-state index in [1.165, 1.54) is 0 Å². The SMILES string of the molecule is CC(CCN)NC(=O)c1cc(F)ccc1F. The van der Waals surface area contributed by atoms with Crippen LogP contribution < -0.4 is 11.1 Å². The zero-order chi connectivity index (χ0) is 12.1. The van der Waals surface area contributed by atoms with Gasteiger partial charge in [0.15, 0.2) is 0 Å². The highest BCUT2D eigenvalue weighted by molar-refractivity contribution is 5.94. The third-order valence-electron chi connectivity index (χ3n) is 2.15. The van der Waals surface area contributed by atoms with Gasteiger partial charge < -0.3 is 11.1 Å². The van der Waals surface area contributed by atoms with E-state index in [-0.39, 0.29) is 11.6 Å². The Morgan fingerprint density at radius 3 is 2.81 bits per heavy atom. The smallest absolute Gasteiger partial charge is 0.254 e. The normalized spacial score (nSPS) is 12.2. The molecule has 0 heterocycles. The van der Waals surface area contributed by atoms with Gasteiger partial charge in [0.25, 0.3) is 5.91 Å². The van der Waals surface area contributed by atoms with Crippen molar-refractivity contribution < 1.29 is 13.6 Å². The monoisotopic (exact) mass is 228 g/mol. The van der Waals surface area contributed by atoms with E-state index in [2.05, 4.69) is 5.32 Å². The molecule has 0 aliphatic heterocycles. The van der Waals surface area contributed by atoms with Gasteiger partial charge in [-0.25, -0.2) is 8.78 Å². The van der Waals surface area contributed by atoms with Crippen LogP contribution in [-0.2, 0) is 0 Å². The molecule has 0 bridgehead atoms. The van der Waals surface area contributed by atoms with E-state index in [1.807, 2.05) is 0 Å². The van der Waals surface area contributed by atoms with E-state index in [0.29, 0.717) is 13.0 Å². The molecule has 1 aromatic rings. The van der Waals surface area contributed by atoms with Gasteiger partial charge in [-0.15, -0.1) is 0 Å². The van der Waals surface area contributed by atoms with E-state index >= 15 is 0 Å². The zero-order valence-corrected chi connectivity index (χ0v) is 8.97. The molecular weight excluding hydrogens is 214 g/mol. The highest BCUT2D eigenvalue weighted by Gasteiger charge is 2.14. The van der Waals surface area contributed by atoms with Gasteiger partial charge in [-0.3, -0.25) is 4.79 Å². The van der Waals surface area contributed by atoms with Crippen LogP contribution in [0.1, 0.15) is 23.7 Å². The molecule has 16 heavy (non-hydrogen) atoms. The van der Waals surface area contributed by atoms with Crippen molar-refractivity contribution in [1.29, 1.82) is 0 Å². The fourth-order valence-electron chi connectivity index (χ4n) is 1.30. The van der Waals surface area contributed by atoms with Gasteiger partial charge >= 0.3 is 0 Å². The summed E-state index contributed by atoms with van der Waals surface area (Å²) in [7, 11) is 0. The minimum Gasteiger partial charge on any atom is -0.349 e. The molecule has 1 unspecified atom stereocenters. The topological polar surface area (TPSA) is 55.1 Å². The zero-order valence-electron chi connectivity index (χ0n) is 8.97. The summed E-state index contributed by atoms with van der Waals surface area (Å²) in [5.74, 6) is -2.00. The molecule has 1 amide bonds. The van der Waals surface area contributed by atoms with Crippen molar-refractivity contribution in [3.8, 4) is 0 Å². The molecule has 0 radical (unpaired) electrons. The number of halogens is 2. The lowest BCUT2D eigenvalue weighted by atomic mass is 10.1. The number of hydrogen-bond donors (Lipinski definition) is 2. The summed E-state index contributed by atoms with van der Waals surface area (Å²) in [6, 6.07) is 2.60. The van der Waals surface area contributed by atoms with Crippen molar-refractivity contribution in [2.45, 2.75) is 19.4 Å². The first-order valence-corrected chi connectivity index (χ1v) is 5.00. The lowest BCUT2D eigenvalue weighted by Crippen LogP contribution is -2.34. The maximum absolute atomic E-state index is 13.2. The highest BCUT2D eigenvalue weighted by Crippen LogP contribution is 2.09. The number of carbonyl (C=O) groups is 1. The Balaban J connectivity index is 2.76. The van der Waals surface area contributed by atoms with Crippen LogP contribution in [0.15, 0.2) is 18.2 Å². The molecule has 1 rings (SSSR count). The molecule has 1 atom stereocenters. The highest BCUT2D eigenvalue weighted by atomic mass is 19.1. The van der Waals surface area contributed by atoms with Gasteiger partial charge in [-0.1, -0.05) is 0 Å². The maximum Gasteiger partial charge on any atom is 0.254 e. The third kappa shape index (κ3) is 3.27. The second kappa shape index (κ2) is 5.55. The Kier molecular flexibility index (Phi) is 4.37. The number of carbonyl (C=O) groups excluding carboxylic acids is 1. The molecular formula is C11H14F2N2O. The molecule has 0 aliphatic carbocycles. The van der Waals surface area contributed by atoms with Gasteiger partial charge in [0.2, 0.25) is 0 Å². The van der Waals surface area contributed by atoms with E-state index in [4.69, 9.17) is 5.73 Å². The lowest BCUT2D eigenvalue weighted by molar-refractivity contribution is 0.0934. The van der Waals surface area contributed by atoms with E-state index in [0.717, 1.165) is 18.2 Å². The van der Waals surface area contributed by atoms with Gasteiger partial charge in [0.05, 0.1) is 5.56 Å². The standard InChI is InChI=1S/C11H14F2N2O/c1-7(4-5-14)15-11(16)9-6-8(12)2-3-10(9)13/h2-3,6-7H,4-5,14H2,1H3,(H,15,16). The Hall–Kier alpha value is -1.49. The van der Waals surface area contributed by atoms with Crippen LogP contribution in [0, 0.1) is 11.6 Å². The molecule has 0 saturated heterocycles. The average molecular weight is 228 g/mol. The Bertz CT molecular complexity index is 382. The molecule has 88 valence electrons. The predicted molar refractivity (Wildman–Crippen MR) is 57.0 cm³/mol. The molecule has 3 nitrogen and oxygen atoms in total. The molecule has 3 N–H and O–H groups in total. The summed E-state index contributed by atoms with van der Waals surface area (Å²) in [6.07, 6.45) is 0.586. The number of nitrogens with two attached hydrogens (primary N) is 1. The molecule has 0 aromatic heterocycles. The van der Waals surface area contributed by atoms with Crippen molar-refractivity contribution in [3.05, 3.63) is 35.4 Å². The summed E-state index contributed by atoms with van der Waals surface area (Å²) in [6.45, 7) is 2.18. The Labute approximate surface area is 92.6 Å². The van der Waals surface area contributed by atoms with Crippen LogP contribution >= 0.6 is 0 Å². The Morgan fingerprint density at radius 2 is 2.19 bits per heavy atom. The predicted octanol–water partition coefficient (Wildman–Crippen LogP) is 1.43. The van der Waals surface area contributed by atoms with Gasteiger partial charge in [-0.05, 0) is 38.1 Å². The maximum atomic E-state index is 13.2. The van der Waals surface area contributed by atoms with Crippen molar-refractivity contribution >= 4 is 5.91 Å². The summed E-state index contributed by atoms with van der Waals surface area (Å²) in [5.41, 5.74) is 5.02. The van der Waals surface area contributed by atoms with Crippen molar-refractivity contribution in [2.75, 3.05) is 6.54 Å². The minimum absolute atomic E-state index is 0.167. The first-order valence-electron chi connectivity index (χ1n) is 5.00. The second-order valence-corrected chi connectivity index (χ2v) is 3.58. The van der Waals surface area contributed by atoms with Gasteiger partial charge in [-0.2, -0.15) is 0 Å². The summed E-state index contributed by atoms with van der Waals surface area (Å²) < 4.78 is 26.0. The van der Waals surface area contributed by atoms with Crippen molar-refractivity contribution in [1.82, 2.24) is 5.32 Å². The summed E-state index contributed by atoms with van der Waals surface area (Å²) in [4.78, 5) is 11.5. The molecule has 0 fully saturated rings. The fraction of sp³-hybridized carbons (Fsp3) is 0.364. The van der Waals surface area contributed by atoms with Crippen LogP contribution in [-0.4, -0.2) is 18.5 Å². The molecule has 5 heteroatoms. The number of nitrogens with one attached hydrogen (secondary N) is 1. The van der Waals surface area contributed by atoms with E-state index < -0.39 is 17.5 Å². The van der Waals surface area contributed by atoms with Crippen LogP contribution in [0.3, 0.4) is 0 Å². The van der Waals surface area contributed by atoms with Crippen LogP contribution in [0.4, 0.5) is 8.78 Å². The summed E-state index contributed by atoms with van der Waals surface area (Å²) in [5, 5.41) is 2.54.